The predicted octanol–water partition coefficient (Wildman–Crippen LogP) is 2.61. The first-order valence-electron chi connectivity index (χ1n) is 5.63. The van der Waals surface area contributed by atoms with Crippen molar-refractivity contribution < 1.29 is 0 Å². The molecule has 0 spiro atoms. The van der Waals surface area contributed by atoms with Gasteiger partial charge < -0.3 is 10.6 Å². The topological polar surface area (TPSA) is 42.1 Å². The van der Waals surface area contributed by atoms with Gasteiger partial charge in [0.1, 0.15) is 5.82 Å². The van der Waals surface area contributed by atoms with Crippen LogP contribution >= 0.6 is 0 Å². The molecule has 0 atom stereocenters. The summed E-state index contributed by atoms with van der Waals surface area (Å²) in [5, 5.41) is 0. The van der Waals surface area contributed by atoms with Crippen molar-refractivity contribution in [2.45, 2.75) is 13.5 Å². The first kappa shape index (κ1) is 11.5. The maximum atomic E-state index is 5.57. The number of nitrogen functional groups attached to an aromatic ring is 1. The summed E-state index contributed by atoms with van der Waals surface area (Å²) in [7, 11) is 2.05. The molecular formula is C14H17N3. The van der Waals surface area contributed by atoms with Gasteiger partial charge in [0.15, 0.2) is 0 Å². The summed E-state index contributed by atoms with van der Waals surface area (Å²) < 4.78 is 0. The van der Waals surface area contributed by atoms with Crippen molar-refractivity contribution in [2.24, 2.45) is 0 Å². The quantitative estimate of drug-likeness (QED) is 0.876. The normalized spacial score (nSPS) is 10.2. The lowest BCUT2D eigenvalue weighted by Crippen LogP contribution is -2.16. The Bertz CT molecular complexity index is 474. The Balaban J connectivity index is 2.08. The summed E-state index contributed by atoms with van der Waals surface area (Å²) in [6, 6.07) is 12.4. The lowest BCUT2D eigenvalue weighted by atomic mass is 10.1. The number of pyridine rings is 1. The zero-order valence-corrected chi connectivity index (χ0v) is 10.2. The molecule has 0 saturated carbocycles. The van der Waals surface area contributed by atoms with E-state index in [1.54, 1.807) is 6.20 Å². The standard InChI is InChI=1S/C14H17N3/c1-11-3-5-12(6-4-11)10-17(2)13-7-8-14(15)16-9-13/h3-9H,10H2,1-2H3,(H2,15,16). The minimum atomic E-state index is 0.553. The van der Waals surface area contributed by atoms with E-state index in [9.17, 15) is 0 Å². The van der Waals surface area contributed by atoms with E-state index in [-0.39, 0.29) is 0 Å². The van der Waals surface area contributed by atoms with E-state index in [4.69, 9.17) is 5.73 Å². The average molecular weight is 227 g/mol. The smallest absolute Gasteiger partial charge is 0.123 e. The summed E-state index contributed by atoms with van der Waals surface area (Å²) in [6.45, 7) is 2.96. The van der Waals surface area contributed by atoms with Crippen LogP contribution in [0.1, 0.15) is 11.1 Å². The summed E-state index contributed by atoms with van der Waals surface area (Å²) in [5.74, 6) is 0.553. The number of rotatable bonds is 3. The lowest BCUT2D eigenvalue weighted by molar-refractivity contribution is 0.918. The molecule has 0 radical (unpaired) electrons. The number of aryl methyl sites for hydroxylation is 1. The highest BCUT2D eigenvalue weighted by atomic mass is 15.1. The fraction of sp³-hybridized carbons (Fsp3) is 0.214. The highest BCUT2D eigenvalue weighted by molar-refractivity contribution is 5.47. The number of aromatic nitrogens is 1. The molecule has 2 rings (SSSR count). The molecule has 0 aliphatic heterocycles. The van der Waals surface area contributed by atoms with Crippen LogP contribution in [0.3, 0.4) is 0 Å². The first-order valence-corrected chi connectivity index (χ1v) is 5.63. The van der Waals surface area contributed by atoms with E-state index in [1.807, 2.05) is 19.2 Å². The van der Waals surface area contributed by atoms with Crippen LogP contribution in [-0.4, -0.2) is 12.0 Å². The highest BCUT2D eigenvalue weighted by Gasteiger charge is 2.02. The number of anilines is 2. The molecule has 3 nitrogen and oxygen atoms in total. The van der Waals surface area contributed by atoms with Gasteiger partial charge in [0, 0.05) is 13.6 Å². The van der Waals surface area contributed by atoms with Crippen molar-refractivity contribution in [3.8, 4) is 0 Å². The Morgan fingerprint density at radius 3 is 2.41 bits per heavy atom. The molecule has 2 N–H and O–H groups in total. The third-order valence-corrected chi connectivity index (χ3v) is 2.75. The molecule has 0 saturated heterocycles. The molecular weight excluding hydrogens is 210 g/mol. The van der Waals surface area contributed by atoms with Gasteiger partial charge in [0.25, 0.3) is 0 Å². The van der Waals surface area contributed by atoms with Crippen molar-refractivity contribution in [2.75, 3.05) is 17.7 Å². The number of hydrogen-bond donors (Lipinski definition) is 1. The van der Waals surface area contributed by atoms with Crippen molar-refractivity contribution in [1.29, 1.82) is 0 Å². The number of benzene rings is 1. The molecule has 0 bridgehead atoms. The number of nitrogens with two attached hydrogens (primary N) is 1. The van der Waals surface area contributed by atoms with Crippen molar-refractivity contribution in [3.05, 3.63) is 53.7 Å². The molecule has 1 aromatic heterocycles. The second-order valence-corrected chi connectivity index (χ2v) is 4.28. The summed E-state index contributed by atoms with van der Waals surface area (Å²) in [4.78, 5) is 6.24. The largest absolute Gasteiger partial charge is 0.384 e. The van der Waals surface area contributed by atoms with Crippen LogP contribution in [0.25, 0.3) is 0 Å². The second-order valence-electron chi connectivity index (χ2n) is 4.28. The molecule has 1 heterocycles. The predicted molar refractivity (Wildman–Crippen MR) is 71.9 cm³/mol. The van der Waals surface area contributed by atoms with E-state index < -0.39 is 0 Å². The zero-order valence-electron chi connectivity index (χ0n) is 10.2. The second kappa shape index (κ2) is 4.87. The molecule has 0 amide bonds. The van der Waals surface area contributed by atoms with Gasteiger partial charge in [-0.2, -0.15) is 0 Å². The Hall–Kier alpha value is -2.03. The molecule has 17 heavy (non-hydrogen) atoms. The van der Waals surface area contributed by atoms with Crippen LogP contribution in [0.4, 0.5) is 11.5 Å². The fourth-order valence-corrected chi connectivity index (χ4v) is 1.68. The number of nitrogens with zero attached hydrogens (tertiary/aromatic N) is 2. The SMILES string of the molecule is Cc1ccc(CN(C)c2ccc(N)nc2)cc1. The van der Waals surface area contributed by atoms with Crippen LogP contribution in [0.5, 0.6) is 0 Å². The molecule has 1 aromatic carbocycles. The summed E-state index contributed by atoms with van der Waals surface area (Å²) >= 11 is 0. The van der Waals surface area contributed by atoms with Gasteiger partial charge in [-0.1, -0.05) is 29.8 Å². The Morgan fingerprint density at radius 2 is 1.82 bits per heavy atom. The lowest BCUT2D eigenvalue weighted by Gasteiger charge is -2.19. The maximum absolute atomic E-state index is 5.57. The van der Waals surface area contributed by atoms with Crippen LogP contribution in [0, 0.1) is 6.92 Å². The summed E-state index contributed by atoms with van der Waals surface area (Å²) in [5.41, 5.74) is 9.21. The third kappa shape index (κ3) is 2.97. The molecule has 2 aromatic rings. The van der Waals surface area contributed by atoms with Gasteiger partial charge in [0.2, 0.25) is 0 Å². The van der Waals surface area contributed by atoms with Gasteiger partial charge in [-0.05, 0) is 24.6 Å². The molecule has 0 fully saturated rings. The third-order valence-electron chi connectivity index (χ3n) is 2.75. The van der Waals surface area contributed by atoms with E-state index in [2.05, 4.69) is 41.1 Å². The minimum absolute atomic E-state index is 0.553. The maximum Gasteiger partial charge on any atom is 0.123 e. The average Bonchev–Trinajstić information content (AvgIpc) is 2.33. The van der Waals surface area contributed by atoms with E-state index in [0.29, 0.717) is 5.82 Å². The van der Waals surface area contributed by atoms with Crippen molar-refractivity contribution in [3.63, 3.8) is 0 Å². The van der Waals surface area contributed by atoms with Gasteiger partial charge in [-0.15, -0.1) is 0 Å². The fourth-order valence-electron chi connectivity index (χ4n) is 1.68. The van der Waals surface area contributed by atoms with Gasteiger partial charge in [0.05, 0.1) is 11.9 Å². The highest BCUT2D eigenvalue weighted by Crippen LogP contribution is 2.15. The van der Waals surface area contributed by atoms with Crippen LogP contribution in [0.2, 0.25) is 0 Å². The van der Waals surface area contributed by atoms with Crippen LogP contribution in [-0.2, 0) is 6.54 Å². The van der Waals surface area contributed by atoms with E-state index in [1.165, 1.54) is 11.1 Å². The molecule has 0 unspecified atom stereocenters. The van der Waals surface area contributed by atoms with Gasteiger partial charge >= 0.3 is 0 Å². The molecule has 88 valence electrons. The van der Waals surface area contributed by atoms with Crippen LogP contribution in [0.15, 0.2) is 42.6 Å². The number of hydrogen-bond acceptors (Lipinski definition) is 3. The minimum Gasteiger partial charge on any atom is -0.384 e. The van der Waals surface area contributed by atoms with Crippen LogP contribution < -0.4 is 10.6 Å². The molecule has 0 aliphatic carbocycles. The van der Waals surface area contributed by atoms with E-state index in [0.717, 1.165) is 12.2 Å². The Kier molecular flexibility index (Phi) is 3.28. The Labute approximate surface area is 102 Å². The zero-order chi connectivity index (χ0) is 12.3. The van der Waals surface area contributed by atoms with Gasteiger partial charge in [-0.3, -0.25) is 0 Å². The summed E-state index contributed by atoms with van der Waals surface area (Å²) in [6.07, 6.45) is 1.80. The molecule has 0 aliphatic rings. The first-order chi connectivity index (χ1) is 8.15. The Morgan fingerprint density at radius 1 is 1.12 bits per heavy atom. The van der Waals surface area contributed by atoms with E-state index >= 15 is 0 Å². The molecule has 3 heteroatoms. The van der Waals surface area contributed by atoms with Crippen molar-refractivity contribution in [1.82, 2.24) is 4.98 Å². The van der Waals surface area contributed by atoms with Crippen molar-refractivity contribution >= 4 is 11.5 Å². The van der Waals surface area contributed by atoms with Gasteiger partial charge in [-0.25, -0.2) is 4.98 Å². The monoisotopic (exact) mass is 227 g/mol.